The second-order valence-corrected chi connectivity index (χ2v) is 5.58. The number of carbonyl (C=O) groups excluding carboxylic acids is 1. The molecule has 1 aromatic rings. The molecule has 1 aromatic carbocycles. The zero-order valence-electron chi connectivity index (χ0n) is 13.4. The summed E-state index contributed by atoms with van der Waals surface area (Å²) < 4.78 is 5.44. The number of hydrogen-bond acceptors (Lipinski definition) is 3. The smallest absolute Gasteiger partial charge is 0.251 e. The molecule has 4 heteroatoms. The lowest BCUT2D eigenvalue weighted by Gasteiger charge is -2.42. The molecule has 0 fully saturated rings. The largest absolute Gasteiger partial charge is 0.498 e. The van der Waals surface area contributed by atoms with Crippen molar-refractivity contribution < 1.29 is 14.6 Å². The Balaban J connectivity index is 2.45. The molecule has 0 spiro atoms. The minimum atomic E-state index is -0.947. The zero-order valence-corrected chi connectivity index (χ0v) is 13.4. The molecule has 1 heterocycles. The number of hydrogen-bond donors (Lipinski definition) is 1. The Morgan fingerprint density at radius 2 is 2.00 bits per heavy atom. The van der Waals surface area contributed by atoms with Gasteiger partial charge in [-0.25, -0.2) is 0 Å². The Bertz CT molecular complexity index is 608. The van der Waals surface area contributed by atoms with Gasteiger partial charge in [-0.05, 0) is 18.4 Å². The molecule has 0 aromatic heterocycles. The van der Waals surface area contributed by atoms with Crippen molar-refractivity contribution >= 4 is 5.91 Å². The van der Waals surface area contributed by atoms with E-state index in [0.717, 1.165) is 5.56 Å². The first-order valence-corrected chi connectivity index (χ1v) is 7.61. The second kappa shape index (κ2) is 7.29. The molecule has 1 amide bonds. The third kappa shape index (κ3) is 3.08. The Morgan fingerprint density at radius 1 is 1.30 bits per heavy atom. The quantitative estimate of drug-likeness (QED) is 0.751. The molecule has 0 bridgehead atoms. The van der Waals surface area contributed by atoms with E-state index in [9.17, 15) is 9.90 Å². The summed E-state index contributed by atoms with van der Waals surface area (Å²) in [6.07, 6.45) is 4.74. The first-order valence-electron chi connectivity index (χ1n) is 7.61. The lowest BCUT2D eigenvalue weighted by Crippen LogP contribution is -2.56. The van der Waals surface area contributed by atoms with Crippen molar-refractivity contribution in [3.05, 3.63) is 73.0 Å². The third-order valence-electron chi connectivity index (χ3n) is 4.23. The lowest BCUT2D eigenvalue weighted by molar-refractivity contribution is -0.134. The van der Waals surface area contributed by atoms with Crippen LogP contribution in [-0.2, 0) is 16.1 Å². The van der Waals surface area contributed by atoms with Crippen LogP contribution in [-0.4, -0.2) is 34.7 Å². The van der Waals surface area contributed by atoms with E-state index in [-0.39, 0.29) is 5.91 Å². The molecule has 0 aliphatic carbocycles. The number of methoxy groups -OCH3 is 1. The molecule has 2 rings (SSSR count). The van der Waals surface area contributed by atoms with Gasteiger partial charge in [0.15, 0.2) is 0 Å². The molecule has 4 nitrogen and oxygen atoms in total. The van der Waals surface area contributed by atoms with Crippen molar-refractivity contribution in [2.45, 2.75) is 31.0 Å². The summed E-state index contributed by atoms with van der Waals surface area (Å²) in [6, 6.07) is 9.69. The van der Waals surface area contributed by atoms with Gasteiger partial charge in [-0.15, -0.1) is 13.2 Å². The molecule has 0 radical (unpaired) electrons. The molecule has 0 saturated heterocycles. The van der Waals surface area contributed by atoms with E-state index in [1.165, 1.54) is 13.2 Å². The molecule has 2 unspecified atom stereocenters. The van der Waals surface area contributed by atoms with Crippen LogP contribution in [0.4, 0.5) is 0 Å². The van der Waals surface area contributed by atoms with Gasteiger partial charge in [0.25, 0.3) is 5.91 Å². The number of ether oxygens (including phenoxy) is 1. The van der Waals surface area contributed by atoms with Crippen LogP contribution in [0.25, 0.3) is 0 Å². The molecule has 1 aliphatic rings. The van der Waals surface area contributed by atoms with E-state index >= 15 is 0 Å². The van der Waals surface area contributed by atoms with E-state index in [2.05, 4.69) is 13.2 Å². The SMILES string of the molecule is C=CCC(O)C1(CC=C)C(OC)=CC(=O)N1Cc1ccccc1. The number of nitrogens with zero attached hydrogens (tertiary/aromatic N) is 1. The van der Waals surface area contributed by atoms with Crippen LogP contribution >= 0.6 is 0 Å². The van der Waals surface area contributed by atoms with Crippen molar-refractivity contribution in [3.63, 3.8) is 0 Å². The normalized spacial score (nSPS) is 21.7. The maximum Gasteiger partial charge on any atom is 0.251 e. The number of carbonyl (C=O) groups is 1. The highest BCUT2D eigenvalue weighted by atomic mass is 16.5. The average Bonchev–Trinajstić information content (AvgIpc) is 2.82. The van der Waals surface area contributed by atoms with Crippen molar-refractivity contribution in [1.29, 1.82) is 0 Å². The molecular weight excluding hydrogens is 290 g/mol. The molecule has 23 heavy (non-hydrogen) atoms. The van der Waals surface area contributed by atoms with Crippen molar-refractivity contribution in [2.75, 3.05) is 7.11 Å². The zero-order chi connectivity index (χ0) is 16.9. The fourth-order valence-electron chi connectivity index (χ4n) is 3.13. The first-order chi connectivity index (χ1) is 11.1. The van der Waals surface area contributed by atoms with E-state index in [1.807, 2.05) is 30.3 Å². The van der Waals surface area contributed by atoms with Crippen LogP contribution in [0.15, 0.2) is 67.5 Å². The highest BCUT2D eigenvalue weighted by Crippen LogP contribution is 2.40. The summed E-state index contributed by atoms with van der Waals surface area (Å²) in [6.45, 7) is 7.88. The third-order valence-corrected chi connectivity index (χ3v) is 4.23. The Kier molecular flexibility index (Phi) is 5.40. The number of benzene rings is 1. The topological polar surface area (TPSA) is 49.8 Å². The van der Waals surface area contributed by atoms with Crippen LogP contribution in [0.2, 0.25) is 0 Å². The van der Waals surface area contributed by atoms with Crippen molar-refractivity contribution in [2.24, 2.45) is 0 Å². The summed E-state index contributed by atoms with van der Waals surface area (Å²) in [4.78, 5) is 14.2. The van der Waals surface area contributed by atoms with E-state index in [1.54, 1.807) is 17.1 Å². The van der Waals surface area contributed by atoms with Gasteiger partial charge in [0.05, 0.1) is 13.2 Å². The minimum Gasteiger partial charge on any atom is -0.498 e. The predicted octanol–water partition coefficient (Wildman–Crippen LogP) is 2.81. The van der Waals surface area contributed by atoms with Gasteiger partial charge in [0.2, 0.25) is 0 Å². The lowest BCUT2D eigenvalue weighted by atomic mass is 9.84. The number of rotatable bonds is 8. The highest BCUT2D eigenvalue weighted by molar-refractivity contribution is 5.92. The summed E-state index contributed by atoms with van der Waals surface area (Å²) in [7, 11) is 1.52. The predicted molar refractivity (Wildman–Crippen MR) is 90.4 cm³/mol. The standard InChI is InChI=1S/C19H23NO3/c1-4-9-16(21)19(12-5-2)17(23-3)13-18(22)20(19)14-15-10-7-6-8-11-15/h4-8,10-11,13,16,21H,1-2,9,12,14H2,3H3. The van der Waals surface area contributed by atoms with Gasteiger partial charge >= 0.3 is 0 Å². The van der Waals surface area contributed by atoms with Crippen LogP contribution in [0, 0.1) is 0 Å². The maximum absolute atomic E-state index is 12.5. The van der Waals surface area contributed by atoms with Crippen molar-refractivity contribution in [3.8, 4) is 0 Å². The highest BCUT2D eigenvalue weighted by Gasteiger charge is 2.52. The van der Waals surface area contributed by atoms with Gasteiger partial charge in [-0.3, -0.25) is 4.79 Å². The molecular formula is C19H23NO3. The van der Waals surface area contributed by atoms with E-state index in [0.29, 0.717) is 25.1 Å². The Morgan fingerprint density at radius 3 is 2.57 bits per heavy atom. The van der Waals surface area contributed by atoms with Gasteiger partial charge in [0.1, 0.15) is 11.3 Å². The summed E-state index contributed by atoms with van der Waals surface area (Å²) >= 11 is 0. The van der Waals surface area contributed by atoms with Gasteiger partial charge in [0, 0.05) is 12.6 Å². The van der Waals surface area contributed by atoms with Crippen molar-refractivity contribution in [1.82, 2.24) is 4.90 Å². The van der Waals surface area contributed by atoms with Gasteiger partial charge in [-0.2, -0.15) is 0 Å². The maximum atomic E-state index is 12.5. The molecule has 1 aliphatic heterocycles. The Hall–Kier alpha value is -2.33. The molecule has 1 N–H and O–H groups in total. The monoisotopic (exact) mass is 313 g/mol. The van der Waals surface area contributed by atoms with Crippen LogP contribution in [0.5, 0.6) is 0 Å². The van der Waals surface area contributed by atoms with Gasteiger partial charge in [-0.1, -0.05) is 42.5 Å². The fraction of sp³-hybridized carbons (Fsp3) is 0.316. The van der Waals surface area contributed by atoms with Crippen LogP contribution < -0.4 is 0 Å². The molecule has 122 valence electrons. The molecule has 2 atom stereocenters. The number of amides is 1. The summed E-state index contributed by atoms with van der Waals surface area (Å²) in [5.74, 6) is 0.295. The Labute approximate surface area is 137 Å². The minimum absolute atomic E-state index is 0.171. The van der Waals surface area contributed by atoms with Crippen LogP contribution in [0.3, 0.4) is 0 Å². The summed E-state index contributed by atoms with van der Waals surface area (Å²) in [5.41, 5.74) is 0.0447. The summed E-state index contributed by atoms with van der Waals surface area (Å²) in [5, 5.41) is 10.8. The average molecular weight is 313 g/mol. The van der Waals surface area contributed by atoms with E-state index < -0.39 is 11.6 Å². The van der Waals surface area contributed by atoms with Crippen LogP contribution in [0.1, 0.15) is 18.4 Å². The second-order valence-electron chi connectivity index (χ2n) is 5.58. The number of aliphatic hydroxyl groups excluding tert-OH is 1. The first kappa shape index (κ1) is 17.0. The molecule has 0 saturated carbocycles. The van der Waals surface area contributed by atoms with E-state index in [4.69, 9.17) is 4.74 Å². The number of aliphatic hydroxyl groups is 1. The van der Waals surface area contributed by atoms with Gasteiger partial charge < -0.3 is 14.7 Å². The fourth-order valence-corrected chi connectivity index (χ4v) is 3.13.